The first-order chi connectivity index (χ1) is 24.4. The van der Waals surface area contributed by atoms with Crippen LogP contribution in [-0.4, -0.2) is 84.5 Å². The summed E-state index contributed by atoms with van der Waals surface area (Å²) in [6.07, 6.45) is -2.21. The number of carbonyl (C=O) groups excluding carboxylic acids is 1. The number of anilines is 1. The number of halogens is 8. The summed E-state index contributed by atoms with van der Waals surface area (Å²) in [6, 6.07) is 19.9. The molecule has 0 spiro atoms. The molecule has 5 rings (SSSR count). The molecule has 1 aromatic heterocycles. The van der Waals surface area contributed by atoms with Crippen molar-refractivity contribution in [2.45, 2.75) is 44.7 Å². The zero-order valence-electron chi connectivity index (χ0n) is 28.2. The number of carboxylic acid groups (broad SMARTS) is 2. The zero-order chi connectivity index (χ0) is 39.2. The van der Waals surface area contributed by atoms with E-state index in [1.165, 1.54) is 12.1 Å². The second-order valence-corrected chi connectivity index (χ2v) is 12.2. The van der Waals surface area contributed by atoms with Gasteiger partial charge in [-0.1, -0.05) is 48.9 Å². The van der Waals surface area contributed by atoms with E-state index in [-0.39, 0.29) is 30.0 Å². The van der Waals surface area contributed by atoms with Crippen LogP contribution in [0, 0.1) is 11.7 Å². The van der Waals surface area contributed by atoms with Crippen molar-refractivity contribution in [1.82, 2.24) is 15.2 Å². The highest BCUT2D eigenvalue weighted by Gasteiger charge is 2.38. The fraction of sp³-hybridized carbons (Fsp3) is 0.343. The smallest absolute Gasteiger partial charge is 0.483 e. The summed E-state index contributed by atoms with van der Waals surface area (Å²) in [6.45, 7) is 0.0452. The molecule has 0 saturated carbocycles. The summed E-state index contributed by atoms with van der Waals surface area (Å²) in [5.74, 6) is -2.90. The first-order valence-electron chi connectivity index (χ1n) is 15.5. The molecule has 0 saturated heterocycles. The molecule has 2 heterocycles. The lowest BCUT2D eigenvalue weighted by Crippen LogP contribution is -2.52. The molecular weight excluding hydrogens is 725 g/mol. The van der Waals surface area contributed by atoms with Crippen molar-refractivity contribution >= 4 is 46.5 Å². The highest BCUT2D eigenvalue weighted by atomic mass is 35.5. The SMILES string of the molecule is CC(c1c[nH]c2ccccc12)C(NCc1cccc(F)c1)C(=O)N1C[C@@H](CN(C)C)Cc2cc(Cl)ccc21.FC(F)F.O=C(O)C(F)(F)F.O=CO. The summed E-state index contributed by atoms with van der Waals surface area (Å²) in [5, 5.41) is 19.3. The third-order valence-corrected chi connectivity index (χ3v) is 7.94. The number of aromatic amines is 1. The molecule has 1 aliphatic heterocycles. The van der Waals surface area contributed by atoms with Gasteiger partial charge < -0.3 is 30.3 Å². The van der Waals surface area contributed by atoms with Gasteiger partial charge in [0.25, 0.3) is 6.47 Å². The van der Waals surface area contributed by atoms with Crippen LogP contribution in [-0.2, 0) is 27.3 Å². The Labute approximate surface area is 300 Å². The van der Waals surface area contributed by atoms with Crippen molar-refractivity contribution < 1.29 is 55.3 Å². The number of para-hydroxylation sites is 1. The van der Waals surface area contributed by atoms with Crippen LogP contribution in [0.15, 0.2) is 72.9 Å². The molecule has 0 bridgehead atoms. The Morgan fingerprint density at radius 2 is 1.69 bits per heavy atom. The molecular formula is C35H38ClF7N4O5. The number of hydrogen-bond donors (Lipinski definition) is 4. The normalized spacial score (nSPS) is 14.9. The van der Waals surface area contributed by atoms with Gasteiger partial charge in [0.15, 0.2) is 0 Å². The number of carboxylic acids is 1. The van der Waals surface area contributed by atoms with Gasteiger partial charge in [-0.15, -0.1) is 0 Å². The van der Waals surface area contributed by atoms with E-state index in [4.69, 9.17) is 31.4 Å². The number of hydrogen-bond acceptors (Lipinski definition) is 5. The van der Waals surface area contributed by atoms with Gasteiger partial charge in [-0.25, -0.2) is 9.18 Å². The molecule has 0 aliphatic carbocycles. The quantitative estimate of drug-likeness (QED) is 0.108. The van der Waals surface area contributed by atoms with Crippen LogP contribution in [0.25, 0.3) is 10.9 Å². The number of aromatic nitrogens is 1. The lowest BCUT2D eigenvalue weighted by molar-refractivity contribution is -0.192. The first-order valence-corrected chi connectivity index (χ1v) is 15.9. The van der Waals surface area contributed by atoms with Crippen molar-refractivity contribution in [2.75, 3.05) is 32.1 Å². The van der Waals surface area contributed by atoms with Crippen molar-refractivity contribution in [3.63, 3.8) is 0 Å². The Morgan fingerprint density at radius 3 is 2.27 bits per heavy atom. The summed E-state index contributed by atoms with van der Waals surface area (Å²) in [4.78, 5) is 39.2. The molecule has 1 aliphatic rings. The predicted octanol–water partition coefficient (Wildman–Crippen LogP) is 7.50. The summed E-state index contributed by atoms with van der Waals surface area (Å²) >= 11 is 6.36. The first kappa shape index (κ1) is 43.5. The summed E-state index contributed by atoms with van der Waals surface area (Å²) in [5.41, 5.74) is 4.91. The van der Waals surface area contributed by atoms with E-state index in [0.717, 1.165) is 46.2 Å². The van der Waals surface area contributed by atoms with E-state index < -0.39 is 24.9 Å². The maximum Gasteiger partial charge on any atom is 0.490 e. The van der Waals surface area contributed by atoms with Gasteiger partial charge >= 0.3 is 18.8 Å². The number of nitrogens with one attached hydrogen (secondary N) is 2. The van der Waals surface area contributed by atoms with E-state index in [0.29, 0.717) is 18.1 Å². The van der Waals surface area contributed by atoms with Crippen LogP contribution in [0.5, 0.6) is 0 Å². The van der Waals surface area contributed by atoms with Gasteiger partial charge in [0.1, 0.15) is 5.82 Å². The molecule has 3 aromatic carbocycles. The number of H-pyrrole nitrogens is 1. The number of amides is 1. The van der Waals surface area contributed by atoms with Crippen molar-refractivity contribution in [3.05, 3.63) is 100 Å². The summed E-state index contributed by atoms with van der Waals surface area (Å²) < 4.78 is 74.7. The maximum absolute atomic E-state index is 14.5. The molecule has 1 amide bonds. The largest absolute Gasteiger partial charge is 0.490 e. The van der Waals surface area contributed by atoms with Gasteiger partial charge in [0.2, 0.25) is 5.91 Å². The molecule has 52 heavy (non-hydrogen) atoms. The number of rotatable bonds is 8. The minimum absolute atomic E-state index is 0.00575. The fourth-order valence-electron chi connectivity index (χ4n) is 5.73. The van der Waals surface area contributed by atoms with Gasteiger partial charge in [-0.3, -0.25) is 9.59 Å². The van der Waals surface area contributed by atoms with E-state index >= 15 is 0 Å². The number of fused-ring (bicyclic) bond motifs is 2. The van der Waals surface area contributed by atoms with Crippen LogP contribution in [0.4, 0.5) is 36.4 Å². The van der Waals surface area contributed by atoms with Gasteiger partial charge in [-0.2, -0.15) is 26.3 Å². The number of nitrogens with zero attached hydrogens (tertiary/aromatic N) is 2. The van der Waals surface area contributed by atoms with E-state index in [1.807, 2.05) is 53.6 Å². The number of carbonyl (C=O) groups is 3. The average molecular weight is 763 g/mol. The van der Waals surface area contributed by atoms with Gasteiger partial charge in [-0.05, 0) is 79.5 Å². The van der Waals surface area contributed by atoms with Crippen LogP contribution >= 0.6 is 11.6 Å². The van der Waals surface area contributed by atoms with Crippen LogP contribution in [0.2, 0.25) is 5.02 Å². The van der Waals surface area contributed by atoms with Crippen molar-refractivity contribution in [3.8, 4) is 0 Å². The molecule has 4 N–H and O–H groups in total. The molecule has 4 aromatic rings. The number of benzene rings is 3. The zero-order valence-corrected chi connectivity index (χ0v) is 28.9. The second-order valence-electron chi connectivity index (χ2n) is 11.8. The molecule has 3 atom stereocenters. The number of alkyl halides is 6. The van der Waals surface area contributed by atoms with Crippen LogP contribution < -0.4 is 10.2 Å². The van der Waals surface area contributed by atoms with Gasteiger partial charge in [0.05, 0.1) is 6.04 Å². The molecule has 0 fully saturated rings. The Kier molecular flexibility index (Phi) is 17.1. The Morgan fingerprint density at radius 1 is 1.08 bits per heavy atom. The van der Waals surface area contributed by atoms with Crippen molar-refractivity contribution in [1.29, 1.82) is 0 Å². The predicted molar refractivity (Wildman–Crippen MR) is 183 cm³/mol. The van der Waals surface area contributed by atoms with Crippen LogP contribution in [0.1, 0.15) is 29.5 Å². The molecule has 9 nitrogen and oxygen atoms in total. The third-order valence-electron chi connectivity index (χ3n) is 7.71. The van der Waals surface area contributed by atoms with Gasteiger partial charge in [0, 0.05) is 53.4 Å². The fourth-order valence-corrected chi connectivity index (χ4v) is 5.93. The minimum atomic E-state index is -5.08. The van der Waals surface area contributed by atoms with Crippen molar-refractivity contribution in [2.24, 2.45) is 5.92 Å². The molecule has 0 radical (unpaired) electrons. The lowest BCUT2D eigenvalue weighted by Gasteiger charge is -2.39. The molecule has 284 valence electrons. The second kappa shape index (κ2) is 20.4. The lowest BCUT2D eigenvalue weighted by atomic mass is 9.88. The standard InChI is InChI=1S/C31H34ClFN4O.C2HF3O2.CHF3.CH2O2/c1-20(27-17-34-28-10-5-4-9-26(27)28)30(35-16-21-7-6-8-25(33)14-21)31(38)37-19-22(18-36(2)3)13-23-15-24(32)11-12-29(23)37;3-2(4,5)1(6)7;2-1(3)4;2-1-3/h4-12,14-15,17,20,22,30,34-35H,13,16,18-19H2,1-3H3;(H,6,7);1H;1H,(H,2,3)/t20?,22-,30?;;;/m1.../s1. The topological polar surface area (TPSA) is 126 Å². The Hall–Kier alpha value is -4.67. The van der Waals surface area contributed by atoms with E-state index in [2.05, 4.69) is 42.3 Å². The van der Waals surface area contributed by atoms with Crippen LogP contribution in [0.3, 0.4) is 0 Å². The third kappa shape index (κ3) is 13.5. The molecule has 17 heteroatoms. The average Bonchev–Trinajstić information content (AvgIpc) is 3.48. The maximum atomic E-state index is 14.5. The Bertz CT molecular complexity index is 1750. The Balaban J connectivity index is 0.000000572. The van der Waals surface area contributed by atoms with E-state index in [1.54, 1.807) is 6.07 Å². The number of aliphatic carboxylic acids is 1. The monoisotopic (exact) mass is 762 g/mol. The highest BCUT2D eigenvalue weighted by molar-refractivity contribution is 6.30. The molecule has 2 unspecified atom stereocenters. The van der Waals surface area contributed by atoms with E-state index in [9.17, 15) is 35.5 Å². The highest BCUT2D eigenvalue weighted by Crippen LogP contribution is 2.35. The summed E-state index contributed by atoms with van der Waals surface area (Å²) in [7, 11) is 4.12. The minimum Gasteiger partial charge on any atom is -0.483 e.